The summed E-state index contributed by atoms with van der Waals surface area (Å²) in [5.74, 6) is -0.362. The van der Waals surface area contributed by atoms with E-state index in [1.807, 2.05) is 25.1 Å². The smallest absolute Gasteiger partial charge is 0.284 e. The van der Waals surface area contributed by atoms with Crippen LogP contribution in [0.5, 0.6) is 0 Å². The van der Waals surface area contributed by atoms with Gasteiger partial charge >= 0.3 is 0 Å². The van der Waals surface area contributed by atoms with Crippen LogP contribution in [0.3, 0.4) is 0 Å². The fourth-order valence-corrected chi connectivity index (χ4v) is 3.74. The molecule has 0 aromatic heterocycles. The maximum absolute atomic E-state index is 12.8. The van der Waals surface area contributed by atoms with E-state index in [9.17, 15) is 20.2 Å². The molecule has 0 bridgehead atoms. The molecule has 0 radical (unpaired) electrons. The van der Waals surface area contributed by atoms with E-state index >= 15 is 0 Å². The van der Waals surface area contributed by atoms with Crippen LogP contribution in [0.2, 0.25) is 0 Å². The Kier molecular flexibility index (Phi) is 6.11. The van der Waals surface area contributed by atoms with Gasteiger partial charge in [0.1, 0.15) is 12.1 Å². The zero-order valence-corrected chi connectivity index (χ0v) is 16.6. The number of aryl methyl sites for hydroxylation is 1. The van der Waals surface area contributed by atoms with E-state index < -0.39 is 4.92 Å². The van der Waals surface area contributed by atoms with Gasteiger partial charge < -0.3 is 5.32 Å². The first kappa shape index (κ1) is 20.6. The standard InChI is InChI=1S/C22H14N4O3S/c1-14-6-8-17(9-7-14)25-22(27)18-4-2-3-5-20(18)30-21-11-16(13-24)15(12-23)10-19(21)26(28)29/h2-11H,1H3,(H,25,27). The summed E-state index contributed by atoms with van der Waals surface area (Å²) >= 11 is 0.996. The van der Waals surface area contributed by atoms with Gasteiger partial charge in [-0.2, -0.15) is 10.5 Å². The molecule has 0 aliphatic carbocycles. The molecule has 0 unspecified atom stereocenters. The molecule has 0 aliphatic heterocycles. The highest BCUT2D eigenvalue weighted by atomic mass is 32.2. The summed E-state index contributed by atoms with van der Waals surface area (Å²) in [6, 6.07) is 20.1. The number of carbonyl (C=O) groups excluding carboxylic acids is 1. The number of nitrogens with zero attached hydrogens (tertiary/aromatic N) is 3. The second kappa shape index (κ2) is 8.91. The number of amides is 1. The molecule has 0 spiro atoms. The molecule has 1 N–H and O–H groups in total. The molecule has 30 heavy (non-hydrogen) atoms. The third kappa shape index (κ3) is 4.46. The van der Waals surface area contributed by atoms with Crippen molar-refractivity contribution in [2.75, 3.05) is 5.32 Å². The lowest BCUT2D eigenvalue weighted by molar-refractivity contribution is -0.387. The number of benzene rings is 3. The third-order valence-electron chi connectivity index (χ3n) is 4.20. The molecule has 0 saturated carbocycles. The van der Waals surface area contributed by atoms with Crippen molar-refractivity contribution in [3.8, 4) is 12.1 Å². The minimum absolute atomic E-state index is 0.0344. The molecule has 0 fully saturated rings. The largest absolute Gasteiger partial charge is 0.322 e. The van der Waals surface area contributed by atoms with Crippen molar-refractivity contribution in [3.05, 3.63) is 93.0 Å². The Labute approximate surface area is 176 Å². The van der Waals surface area contributed by atoms with E-state index in [2.05, 4.69) is 5.32 Å². The molecule has 1 amide bonds. The Morgan fingerprint density at radius 3 is 2.27 bits per heavy atom. The van der Waals surface area contributed by atoms with Crippen molar-refractivity contribution < 1.29 is 9.72 Å². The van der Waals surface area contributed by atoms with Crippen LogP contribution in [0.25, 0.3) is 0 Å². The van der Waals surface area contributed by atoms with Crippen LogP contribution in [0, 0.1) is 39.7 Å². The van der Waals surface area contributed by atoms with Gasteiger partial charge in [-0.25, -0.2) is 0 Å². The molecule has 0 saturated heterocycles. The number of nitrogens with one attached hydrogen (secondary N) is 1. The molecule has 146 valence electrons. The van der Waals surface area contributed by atoms with Crippen molar-refractivity contribution in [2.45, 2.75) is 16.7 Å². The van der Waals surface area contributed by atoms with Crippen LogP contribution >= 0.6 is 11.8 Å². The molecule has 3 rings (SSSR count). The van der Waals surface area contributed by atoms with E-state index in [4.69, 9.17) is 5.26 Å². The summed E-state index contributed by atoms with van der Waals surface area (Å²) in [5.41, 5.74) is 1.68. The highest BCUT2D eigenvalue weighted by molar-refractivity contribution is 7.99. The summed E-state index contributed by atoms with van der Waals surface area (Å²) in [5, 5.41) is 32.7. The SMILES string of the molecule is Cc1ccc(NC(=O)c2ccccc2Sc2cc(C#N)c(C#N)cc2[N+](=O)[O-])cc1. The lowest BCUT2D eigenvalue weighted by Crippen LogP contribution is -2.12. The third-order valence-corrected chi connectivity index (χ3v) is 5.32. The topological polar surface area (TPSA) is 120 Å². The number of hydrogen-bond donors (Lipinski definition) is 1. The van der Waals surface area contributed by atoms with Crippen molar-refractivity contribution in [2.24, 2.45) is 0 Å². The summed E-state index contributed by atoms with van der Waals surface area (Å²) in [7, 11) is 0. The lowest BCUT2D eigenvalue weighted by atomic mass is 10.1. The molecule has 0 atom stereocenters. The van der Waals surface area contributed by atoms with Gasteiger partial charge in [0, 0.05) is 16.6 Å². The Bertz CT molecular complexity index is 1220. The maximum Gasteiger partial charge on any atom is 0.284 e. The zero-order chi connectivity index (χ0) is 21.7. The number of anilines is 1. The van der Waals surface area contributed by atoms with Gasteiger partial charge in [-0.1, -0.05) is 41.6 Å². The predicted octanol–water partition coefficient (Wildman–Crippen LogP) is 5.05. The fraction of sp³-hybridized carbons (Fsp3) is 0.0455. The average Bonchev–Trinajstić information content (AvgIpc) is 2.75. The zero-order valence-electron chi connectivity index (χ0n) is 15.7. The van der Waals surface area contributed by atoms with Gasteiger partial charge in [-0.15, -0.1) is 0 Å². The van der Waals surface area contributed by atoms with Crippen LogP contribution in [0.4, 0.5) is 11.4 Å². The van der Waals surface area contributed by atoms with Crippen molar-refractivity contribution in [3.63, 3.8) is 0 Å². The summed E-state index contributed by atoms with van der Waals surface area (Å²) < 4.78 is 0. The van der Waals surface area contributed by atoms with E-state index in [1.165, 1.54) is 6.07 Å². The molecule has 0 aliphatic rings. The van der Waals surface area contributed by atoms with Crippen LogP contribution in [-0.2, 0) is 0 Å². The number of nitro benzene ring substituents is 1. The quantitative estimate of drug-likeness (QED) is 0.461. The first-order chi connectivity index (χ1) is 14.4. The van der Waals surface area contributed by atoms with E-state index in [0.29, 0.717) is 16.1 Å². The second-order valence-corrected chi connectivity index (χ2v) is 7.35. The van der Waals surface area contributed by atoms with Gasteiger partial charge in [-0.3, -0.25) is 14.9 Å². The minimum atomic E-state index is -0.612. The van der Waals surface area contributed by atoms with Gasteiger partial charge in [0.05, 0.1) is 26.5 Å². The molecular formula is C22H14N4O3S. The number of carbonyl (C=O) groups is 1. The minimum Gasteiger partial charge on any atom is -0.322 e. The normalized spacial score (nSPS) is 9.97. The second-order valence-electron chi connectivity index (χ2n) is 6.26. The van der Waals surface area contributed by atoms with Crippen molar-refractivity contribution >= 4 is 29.0 Å². The molecule has 3 aromatic carbocycles. The van der Waals surface area contributed by atoms with Gasteiger partial charge in [-0.05, 0) is 37.3 Å². The summed E-state index contributed by atoms with van der Waals surface area (Å²) in [6.45, 7) is 1.94. The number of nitriles is 2. The monoisotopic (exact) mass is 414 g/mol. The number of rotatable bonds is 5. The summed E-state index contributed by atoms with van der Waals surface area (Å²) in [4.78, 5) is 24.3. The Balaban J connectivity index is 1.98. The van der Waals surface area contributed by atoms with Gasteiger partial charge in [0.25, 0.3) is 11.6 Å². The first-order valence-corrected chi connectivity index (χ1v) is 9.52. The Morgan fingerprint density at radius 1 is 1.00 bits per heavy atom. The molecule has 0 heterocycles. The number of nitro groups is 1. The van der Waals surface area contributed by atoms with E-state index in [1.54, 1.807) is 42.5 Å². The van der Waals surface area contributed by atoms with E-state index in [-0.39, 0.29) is 27.6 Å². The fourth-order valence-electron chi connectivity index (χ4n) is 2.67. The Morgan fingerprint density at radius 2 is 1.63 bits per heavy atom. The molecule has 7 nitrogen and oxygen atoms in total. The molecule has 8 heteroatoms. The summed E-state index contributed by atoms with van der Waals surface area (Å²) in [6.07, 6.45) is 0. The lowest BCUT2D eigenvalue weighted by Gasteiger charge is -2.11. The van der Waals surface area contributed by atoms with Gasteiger partial charge in [0.2, 0.25) is 0 Å². The van der Waals surface area contributed by atoms with Crippen LogP contribution < -0.4 is 5.32 Å². The van der Waals surface area contributed by atoms with Crippen LogP contribution in [0.15, 0.2) is 70.5 Å². The van der Waals surface area contributed by atoms with E-state index in [0.717, 1.165) is 23.4 Å². The molecule has 3 aromatic rings. The Hall–Kier alpha value is -4.14. The maximum atomic E-state index is 12.8. The predicted molar refractivity (Wildman–Crippen MR) is 112 cm³/mol. The number of hydrogen-bond acceptors (Lipinski definition) is 6. The molecular weight excluding hydrogens is 400 g/mol. The highest BCUT2D eigenvalue weighted by Crippen LogP contribution is 2.38. The van der Waals surface area contributed by atoms with Crippen molar-refractivity contribution in [1.29, 1.82) is 10.5 Å². The first-order valence-electron chi connectivity index (χ1n) is 8.70. The van der Waals surface area contributed by atoms with Crippen molar-refractivity contribution in [1.82, 2.24) is 0 Å². The van der Waals surface area contributed by atoms with Crippen LogP contribution in [-0.4, -0.2) is 10.8 Å². The highest BCUT2D eigenvalue weighted by Gasteiger charge is 2.21. The van der Waals surface area contributed by atoms with Crippen LogP contribution in [0.1, 0.15) is 27.0 Å². The van der Waals surface area contributed by atoms with Gasteiger partial charge in [0.15, 0.2) is 0 Å². The average molecular weight is 414 g/mol.